The second-order valence-electron chi connectivity index (χ2n) is 10.3. The van der Waals surface area contributed by atoms with Crippen LogP contribution in [-0.2, 0) is 33.8 Å². The molecule has 3 aromatic rings. The van der Waals surface area contributed by atoms with Crippen molar-refractivity contribution in [3.63, 3.8) is 0 Å². The third kappa shape index (κ3) is 6.63. The van der Waals surface area contributed by atoms with Gasteiger partial charge in [0.25, 0.3) is 0 Å². The van der Waals surface area contributed by atoms with Crippen molar-refractivity contribution in [3.05, 3.63) is 94.5 Å². The normalized spacial score (nSPS) is 17.5. The van der Waals surface area contributed by atoms with Gasteiger partial charge in [0.2, 0.25) is 17.7 Å². The van der Waals surface area contributed by atoms with Crippen LogP contribution in [0.1, 0.15) is 23.6 Å². The van der Waals surface area contributed by atoms with Crippen molar-refractivity contribution >= 4 is 40.7 Å². The van der Waals surface area contributed by atoms with Gasteiger partial charge in [0.15, 0.2) is 0 Å². The number of amides is 3. The van der Waals surface area contributed by atoms with Crippen LogP contribution in [0, 0.1) is 0 Å². The Kier molecular flexibility index (Phi) is 8.67. The van der Waals surface area contributed by atoms with Gasteiger partial charge in [0, 0.05) is 51.1 Å². The minimum Gasteiger partial charge on any atom is -0.366 e. The van der Waals surface area contributed by atoms with Crippen molar-refractivity contribution in [3.8, 4) is 0 Å². The molecular weight excluding hydrogens is 526 g/mol. The molecule has 1 saturated heterocycles. The molecule has 0 radical (unpaired) electrons. The summed E-state index contributed by atoms with van der Waals surface area (Å²) < 4.78 is 0. The molecule has 1 fully saturated rings. The van der Waals surface area contributed by atoms with Crippen LogP contribution < -0.4 is 20.9 Å². The van der Waals surface area contributed by atoms with E-state index in [4.69, 9.17) is 11.6 Å². The van der Waals surface area contributed by atoms with Gasteiger partial charge in [0.05, 0.1) is 17.4 Å². The molecule has 8 nitrogen and oxygen atoms in total. The fourth-order valence-electron chi connectivity index (χ4n) is 5.40. The van der Waals surface area contributed by atoms with Crippen molar-refractivity contribution < 1.29 is 14.4 Å². The highest BCUT2D eigenvalue weighted by atomic mass is 35.5. The molecule has 3 amide bonds. The van der Waals surface area contributed by atoms with Crippen molar-refractivity contribution in [2.45, 2.75) is 38.4 Å². The van der Waals surface area contributed by atoms with Gasteiger partial charge < -0.3 is 25.8 Å². The van der Waals surface area contributed by atoms with Crippen LogP contribution in [0.25, 0.3) is 0 Å². The zero-order chi connectivity index (χ0) is 28.1. The largest absolute Gasteiger partial charge is 0.366 e. The summed E-state index contributed by atoms with van der Waals surface area (Å²) in [7, 11) is 0. The van der Waals surface area contributed by atoms with E-state index in [9.17, 15) is 14.4 Å². The molecule has 2 aliphatic heterocycles. The smallest absolute Gasteiger partial charge is 0.245 e. The summed E-state index contributed by atoms with van der Waals surface area (Å²) in [6.07, 6.45) is 0.951. The summed E-state index contributed by atoms with van der Waals surface area (Å²) in [5, 5.41) is 9.90. The maximum absolute atomic E-state index is 13.8. The van der Waals surface area contributed by atoms with E-state index >= 15 is 0 Å². The highest BCUT2D eigenvalue weighted by Gasteiger charge is 2.32. The fraction of sp³-hybridized carbons (Fsp3) is 0.323. The lowest BCUT2D eigenvalue weighted by Crippen LogP contribution is -2.58. The lowest BCUT2D eigenvalue weighted by Gasteiger charge is -2.38. The number of benzene rings is 3. The Bertz CT molecular complexity index is 1370. The summed E-state index contributed by atoms with van der Waals surface area (Å²) >= 11 is 6.08. The second-order valence-corrected chi connectivity index (χ2v) is 10.7. The monoisotopic (exact) mass is 559 g/mol. The molecule has 2 heterocycles. The fourth-order valence-corrected chi connectivity index (χ4v) is 5.53. The number of anilines is 2. The van der Waals surface area contributed by atoms with Gasteiger partial charge in [-0.25, -0.2) is 0 Å². The van der Waals surface area contributed by atoms with Crippen molar-refractivity contribution in [2.75, 3.05) is 36.4 Å². The van der Waals surface area contributed by atoms with Crippen LogP contribution in [0.5, 0.6) is 0 Å². The number of fused-ring (bicyclic) bond motifs is 1. The SMILES string of the molecule is CC(=O)Nc1ccccc1N1CCN(C(=O)[C@@H](Cc2ccc(Cl)cc2)NC(=O)[C@@H]2Cc3ccccc3CN2)CC1. The Morgan fingerprint density at radius 3 is 2.33 bits per heavy atom. The lowest BCUT2D eigenvalue weighted by atomic mass is 9.95. The van der Waals surface area contributed by atoms with E-state index in [1.807, 2.05) is 53.4 Å². The summed E-state index contributed by atoms with van der Waals surface area (Å²) in [6.45, 7) is 4.36. The standard InChI is InChI=1S/C31H34ClN5O3/c1-21(38)34-26-8-4-5-9-29(26)36-14-16-37(17-15-36)31(40)28(18-22-10-12-25(32)13-11-22)35-30(39)27-19-23-6-2-3-7-24(23)20-33-27/h2-13,27-28,33H,14-20H2,1H3,(H,34,38)(H,35,39)/t27-,28+/m0/s1. The van der Waals surface area contributed by atoms with Gasteiger partial charge in [-0.05, 0) is 47.4 Å². The number of hydrogen-bond donors (Lipinski definition) is 3. The van der Waals surface area contributed by atoms with Crippen molar-refractivity contribution in [2.24, 2.45) is 0 Å². The van der Waals surface area contributed by atoms with E-state index in [1.54, 1.807) is 12.1 Å². The van der Waals surface area contributed by atoms with E-state index in [0.29, 0.717) is 50.6 Å². The van der Waals surface area contributed by atoms with E-state index in [2.05, 4.69) is 33.0 Å². The molecule has 208 valence electrons. The number of hydrogen-bond acceptors (Lipinski definition) is 5. The molecule has 3 N–H and O–H groups in total. The molecule has 0 bridgehead atoms. The first kappa shape index (κ1) is 27.7. The quantitative estimate of drug-likeness (QED) is 0.413. The molecule has 0 aliphatic carbocycles. The van der Waals surface area contributed by atoms with Gasteiger partial charge in [-0.3, -0.25) is 14.4 Å². The van der Waals surface area contributed by atoms with Crippen molar-refractivity contribution in [1.82, 2.24) is 15.5 Å². The van der Waals surface area contributed by atoms with Crippen LogP contribution in [0.15, 0.2) is 72.8 Å². The molecule has 0 aromatic heterocycles. The van der Waals surface area contributed by atoms with Crippen LogP contribution in [0.3, 0.4) is 0 Å². The van der Waals surface area contributed by atoms with Gasteiger partial charge in [-0.15, -0.1) is 0 Å². The molecule has 3 aromatic carbocycles. The van der Waals surface area contributed by atoms with Gasteiger partial charge in [-0.1, -0.05) is 60.1 Å². The van der Waals surface area contributed by atoms with Gasteiger partial charge in [-0.2, -0.15) is 0 Å². The molecule has 2 aliphatic rings. The van der Waals surface area contributed by atoms with Crippen molar-refractivity contribution in [1.29, 1.82) is 0 Å². The number of piperazine rings is 1. The number of para-hydroxylation sites is 2. The average Bonchev–Trinajstić information content (AvgIpc) is 2.97. The first-order valence-electron chi connectivity index (χ1n) is 13.6. The molecule has 40 heavy (non-hydrogen) atoms. The molecule has 0 saturated carbocycles. The van der Waals surface area contributed by atoms with E-state index < -0.39 is 12.1 Å². The number of halogens is 1. The topological polar surface area (TPSA) is 93.8 Å². The Morgan fingerprint density at radius 1 is 0.925 bits per heavy atom. The highest BCUT2D eigenvalue weighted by molar-refractivity contribution is 6.30. The van der Waals surface area contributed by atoms with Crippen LogP contribution in [-0.4, -0.2) is 60.9 Å². The minimum absolute atomic E-state index is 0.102. The van der Waals surface area contributed by atoms with E-state index in [-0.39, 0.29) is 17.7 Å². The van der Waals surface area contributed by atoms with Crippen LogP contribution in [0.4, 0.5) is 11.4 Å². The minimum atomic E-state index is -0.703. The summed E-state index contributed by atoms with van der Waals surface area (Å²) in [4.78, 5) is 42.9. The maximum atomic E-state index is 13.8. The lowest BCUT2D eigenvalue weighted by molar-refractivity contribution is -0.137. The number of rotatable bonds is 7. The first-order valence-corrected chi connectivity index (χ1v) is 14.0. The molecule has 9 heteroatoms. The summed E-state index contributed by atoms with van der Waals surface area (Å²) in [5.41, 5.74) is 4.95. The summed E-state index contributed by atoms with van der Waals surface area (Å²) in [5.74, 6) is -0.406. The number of carbonyl (C=O) groups excluding carboxylic acids is 3. The second kappa shape index (κ2) is 12.5. The Balaban J connectivity index is 1.28. The Labute approximate surface area is 239 Å². The van der Waals surface area contributed by atoms with Gasteiger partial charge >= 0.3 is 0 Å². The predicted molar refractivity (Wildman–Crippen MR) is 157 cm³/mol. The van der Waals surface area contributed by atoms with Gasteiger partial charge in [0.1, 0.15) is 6.04 Å². The van der Waals surface area contributed by atoms with Crippen LogP contribution >= 0.6 is 11.6 Å². The number of nitrogens with zero attached hydrogens (tertiary/aromatic N) is 2. The molecule has 0 spiro atoms. The highest BCUT2D eigenvalue weighted by Crippen LogP contribution is 2.27. The van der Waals surface area contributed by atoms with E-state index in [1.165, 1.54) is 12.5 Å². The zero-order valence-corrected chi connectivity index (χ0v) is 23.3. The molecule has 5 rings (SSSR count). The molecule has 2 atom stereocenters. The van der Waals surface area contributed by atoms with Crippen LogP contribution in [0.2, 0.25) is 5.02 Å². The molecule has 0 unspecified atom stereocenters. The summed E-state index contributed by atoms with van der Waals surface area (Å²) in [6, 6.07) is 22.0. The Morgan fingerprint density at radius 2 is 1.60 bits per heavy atom. The number of carbonyl (C=O) groups is 3. The number of nitrogens with one attached hydrogen (secondary N) is 3. The van der Waals surface area contributed by atoms with E-state index in [0.717, 1.165) is 22.5 Å². The Hall–Kier alpha value is -3.88. The first-order chi connectivity index (χ1) is 19.4. The zero-order valence-electron chi connectivity index (χ0n) is 22.5. The third-order valence-electron chi connectivity index (χ3n) is 7.51. The third-order valence-corrected chi connectivity index (χ3v) is 7.76. The maximum Gasteiger partial charge on any atom is 0.245 e. The predicted octanol–water partition coefficient (Wildman–Crippen LogP) is 3.39. The molecular formula is C31H34ClN5O3. The average molecular weight is 560 g/mol.